The summed E-state index contributed by atoms with van der Waals surface area (Å²) in [6, 6.07) is 7.59. The third-order valence-corrected chi connectivity index (χ3v) is 2.57. The highest BCUT2D eigenvalue weighted by Crippen LogP contribution is 2.19. The van der Waals surface area contributed by atoms with Crippen LogP contribution in [0.3, 0.4) is 0 Å². The summed E-state index contributed by atoms with van der Waals surface area (Å²) in [6.45, 7) is 1.46. The highest BCUT2D eigenvalue weighted by Gasteiger charge is 2.01. The van der Waals surface area contributed by atoms with Crippen LogP contribution < -0.4 is 15.8 Å². The Balaban J connectivity index is 1.94. The van der Waals surface area contributed by atoms with E-state index >= 15 is 0 Å². The number of nitrogens with two attached hydrogens (primary N) is 1. The van der Waals surface area contributed by atoms with E-state index in [0.29, 0.717) is 6.54 Å². The van der Waals surface area contributed by atoms with Gasteiger partial charge in [0, 0.05) is 24.3 Å². The molecule has 4 heteroatoms. The zero-order valence-electron chi connectivity index (χ0n) is 9.77. The van der Waals surface area contributed by atoms with Crippen molar-refractivity contribution in [2.75, 3.05) is 12.8 Å². The van der Waals surface area contributed by atoms with Gasteiger partial charge in [-0.05, 0) is 29.8 Å². The molecule has 17 heavy (non-hydrogen) atoms. The molecule has 0 aliphatic heterocycles. The van der Waals surface area contributed by atoms with Gasteiger partial charge < -0.3 is 20.2 Å². The number of rotatable bonds is 5. The second-order valence-corrected chi connectivity index (χ2v) is 3.80. The summed E-state index contributed by atoms with van der Waals surface area (Å²) in [7, 11) is 1.65. The molecule has 0 atom stereocenters. The fourth-order valence-electron chi connectivity index (χ4n) is 1.60. The highest BCUT2D eigenvalue weighted by molar-refractivity contribution is 5.50. The van der Waals surface area contributed by atoms with Gasteiger partial charge in [-0.3, -0.25) is 0 Å². The van der Waals surface area contributed by atoms with E-state index in [1.165, 1.54) is 0 Å². The minimum atomic E-state index is 0.703. The number of anilines is 1. The minimum Gasteiger partial charge on any atom is -0.497 e. The summed E-state index contributed by atoms with van der Waals surface area (Å²) in [5.41, 5.74) is 8.81. The Bertz CT molecular complexity index is 466. The normalized spacial score (nSPS) is 10.4. The molecule has 0 spiro atoms. The first-order valence-corrected chi connectivity index (χ1v) is 5.44. The maximum Gasteiger partial charge on any atom is 0.119 e. The van der Waals surface area contributed by atoms with Crippen molar-refractivity contribution in [1.82, 2.24) is 5.32 Å². The molecule has 0 amide bonds. The average molecular weight is 232 g/mol. The molecule has 0 radical (unpaired) electrons. The molecule has 90 valence electrons. The second kappa shape index (κ2) is 5.41. The van der Waals surface area contributed by atoms with Crippen molar-refractivity contribution >= 4 is 5.69 Å². The molecular formula is C13H16N2O2. The van der Waals surface area contributed by atoms with Crippen molar-refractivity contribution in [3.63, 3.8) is 0 Å². The molecule has 0 saturated carbocycles. The third-order valence-electron chi connectivity index (χ3n) is 2.57. The maximum atomic E-state index is 5.89. The molecule has 0 bridgehead atoms. The standard InChI is InChI=1S/C13H16N2O2/c1-16-12-2-3-13(14)11(6-12)8-15-7-10-4-5-17-9-10/h2-6,9,15H,7-8,14H2,1H3. The van der Waals surface area contributed by atoms with Crippen molar-refractivity contribution in [3.8, 4) is 5.75 Å². The molecule has 0 aliphatic rings. The van der Waals surface area contributed by atoms with Crippen molar-refractivity contribution in [3.05, 3.63) is 47.9 Å². The molecule has 0 fully saturated rings. The zero-order chi connectivity index (χ0) is 12.1. The van der Waals surface area contributed by atoms with Crippen molar-refractivity contribution < 1.29 is 9.15 Å². The molecule has 1 aromatic heterocycles. The molecule has 0 unspecified atom stereocenters. The van der Waals surface area contributed by atoms with Crippen LogP contribution >= 0.6 is 0 Å². The quantitative estimate of drug-likeness (QED) is 0.775. The monoisotopic (exact) mass is 232 g/mol. The fourth-order valence-corrected chi connectivity index (χ4v) is 1.60. The highest BCUT2D eigenvalue weighted by atomic mass is 16.5. The van der Waals surface area contributed by atoms with E-state index in [-0.39, 0.29) is 0 Å². The molecule has 2 rings (SSSR count). The molecule has 1 aromatic carbocycles. The molecular weight excluding hydrogens is 216 g/mol. The average Bonchev–Trinajstić information content (AvgIpc) is 2.84. The van der Waals surface area contributed by atoms with Crippen molar-refractivity contribution in [1.29, 1.82) is 0 Å². The molecule has 4 nitrogen and oxygen atoms in total. The van der Waals surface area contributed by atoms with Crippen LogP contribution in [-0.2, 0) is 13.1 Å². The van der Waals surface area contributed by atoms with Gasteiger partial charge in [0.25, 0.3) is 0 Å². The SMILES string of the molecule is COc1ccc(N)c(CNCc2ccoc2)c1. The zero-order valence-corrected chi connectivity index (χ0v) is 9.77. The van der Waals surface area contributed by atoms with Crippen LogP contribution in [0.25, 0.3) is 0 Å². The number of ether oxygens (including phenoxy) is 1. The Hall–Kier alpha value is -1.94. The van der Waals surface area contributed by atoms with Gasteiger partial charge in [-0.25, -0.2) is 0 Å². The largest absolute Gasteiger partial charge is 0.497 e. The Morgan fingerprint density at radius 2 is 2.18 bits per heavy atom. The maximum absolute atomic E-state index is 5.89. The van der Waals surface area contributed by atoms with Gasteiger partial charge in [0.2, 0.25) is 0 Å². The van der Waals surface area contributed by atoms with Crippen LogP contribution in [0.1, 0.15) is 11.1 Å². The number of hydrogen-bond acceptors (Lipinski definition) is 4. The number of methoxy groups -OCH3 is 1. The van der Waals surface area contributed by atoms with E-state index in [2.05, 4.69) is 5.32 Å². The predicted octanol–water partition coefficient (Wildman–Crippen LogP) is 2.16. The number of nitrogen functional groups attached to an aromatic ring is 1. The van der Waals surface area contributed by atoms with Crippen molar-refractivity contribution in [2.45, 2.75) is 13.1 Å². The number of nitrogens with one attached hydrogen (secondary N) is 1. The summed E-state index contributed by atoms with van der Waals surface area (Å²) >= 11 is 0. The van der Waals surface area contributed by atoms with Crippen LogP contribution in [0.5, 0.6) is 5.75 Å². The Morgan fingerprint density at radius 1 is 1.29 bits per heavy atom. The summed E-state index contributed by atoms with van der Waals surface area (Å²) in [6.07, 6.45) is 3.39. The number of benzene rings is 1. The van der Waals surface area contributed by atoms with Crippen molar-refractivity contribution in [2.24, 2.45) is 0 Å². The van der Waals surface area contributed by atoms with Crippen LogP contribution in [-0.4, -0.2) is 7.11 Å². The van der Waals surface area contributed by atoms with Gasteiger partial charge in [-0.1, -0.05) is 0 Å². The van der Waals surface area contributed by atoms with Crippen LogP contribution in [0.2, 0.25) is 0 Å². The van der Waals surface area contributed by atoms with E-state index in [1.54, 1.807) is 19.6 Å². The number of hydrogen-bond donors (Lipinski definition) is 2. The molecule has 1 heterocycles. The predicted molar refractivity (Wildman–Crippen MR) is 66.7 cm³/mol. The van der Waals surface area contributed by atoms with E-state index in [0.717, 1.165) is 29.1 Å². The van der Waals surface area contributed by atoms with Gasteiger partial charge in [0.15, 0.2) is 0 Å². The first kappa shape index (κ1) is 11.5. The van der Waals surface area contributed by atoms with E-state index in [9.17, 15) is 0 Å². The summed E-state index contributed by atoms with van der Waals surface area (Å²) in [5, 5.41) is 3.30. The minimum absolute atomic E-state index is 0.703. The number of furan rings is 1. The summed E-state index contributed by atoms with van der Waals surface area (Å²) < 4.78 is 10.2. The van der Waals surface area contributed by atoms with Gasteiger partial charge in [-0.15, -0.1) is 0 Å². The summed E-state index contributed by atoms with van der Waals surface area (Å²) in [4.78, 5) is 0. The van der Waals surface area contributed by atoms with Gasteiger partial charge >= 0.3 is 0 Å². The smallest absolute Gasteiger partial charge is 0.119 e. The lowest BCUT2D eigenvalue weighted by Crippen LogP contribution is -2.13. The fraction of sp³-hybridized carbons (Fsp3) is 0.231. The first-order chi connectivity index (χ1) is 8.29. The Kier molecular flexibility index (Phi) is 3.67. The lowest BCUT2D eigenvalue weighted by atomic mass is 10.1. The lowest BCUT2D eigenvalue weighted by molar-refractivity contribution is 0.414. The third kappa shape index (κ3) is 3.01. The van der Waals surface area contributed by atoms with Crippen LogP contribution in [0, 0.1) is 0 Å². The topological polar surface area (TPSA) is 60.4 Å². The van der Waals surface area contributed by atoms with Gasteiger partial charge in [0.1, 0.15) is 5.75 Å². The molecule has 0 saturated heterocycles. The Labute approximate surface area is 100 Å². The van der Waals surface area contributed by atoms with Gasteiger partial charge in [0.05, 0.1) is 19.6 Å². The second-order valence-electron chi connectivity index (χ2n) is 3.80. The van der Waals surface area contributed by atoms with Crippen LogP contribution in [0.4, 0.5) is 5.69 Å². The molecule has 2 aromatic rings. The summed E-state index contributed by atoms with van der Waals surface area (Å²) in [5.74, 6) is 0.819. The van der Waals surface area contributed by atoms with E-state index in [1.807, 2.05) is 24.3 Å². The Morgan fingerprint density at radius 3 is 2.88 bits per heavy atom. The van der Waals surface area contributed by atoms with Gasteiger partial charge in [-0.2, -0.15) is 0 Å². The van der Waals surface area contributed by atoms with E-state index in [4.69, 9.17) is 14.9 Å². The van der Waals surface area contributed by atoms with Crippen LogP contribution in [0.15, 0.2) is 41.2 Å². The molecule has 3 N–H and O–H groups in total. The first-order valence-electron chi connectivity index (χ1n) is 5.44. The lowest BCUT2D eigenvalue weighted by Gasteiger charge is -2.08. The van der Waals surface area contributed by atoms with E-state index < -0.39 is 0 Å². The molecule has 0 aliphatic carbocycles.